The van der Waals surface area contributed by atoms with Gasteiger partial charge in [0.1, 0.15) is 0 Å². The lowest BCUT2D eigenvalue weighted by atomic mass is 10.2. The molecule has 8 nitrogen and oxygen atoms in total. The van der Waals surface area contributed by atoms with Gasteiger partial charge < -0.3 is 14.3 Å². The van der Waals surface area contributed by atoms with Gasteiger partial charge in [0.15, 0.2) is 5.82 Å². The van der Waals surface area contributed by atoms with Gasteiger partial charge in [0.25, 0.3) is 5.91 Å². The minimum atomic E-state index is 0.0389. The summed E-state index contributed by atoms with van der Waals surface area (Å²) in [5, 5.41) is 4.09. The number of hydrogen-bond donors (Lipinski definition) is 0. The lowest BCUT2D eigenvalue weighted by Gasteiger charge is -2.34. The second kappa shape index (κ2) is 12.1. The van der Waals surface area contributed by atoms with Gasteiger partial charge in [0.2, 0.25) is 11.8 Å². The molecular weight excluding hydrogens is 510 g/mol. The molecule has 0 N–H and O–H groups in total. The Balaban J connectivity index is 1.22. The summed E-state index contributed by atoms with van der Waals surface area (Å²) in [6.07, 6.45) is 0.753. The molecule has 1 aromatic heterocycles. The highest BCUT2D eigenvalue weighted by molar-refractivity contribution is 9.10. The fourth-order valence-electron chi connectivity index (χ4n) is 4.12. The number of hydrogen-bond acceptors (Lipinski definition) is 6. The summed E-state index contributed by atoms with van der Waals surface area (Å²) in [6.45, 7) is 6.56. The second-order valence-corrected chi connectivity index (χ2v) is 9.40. The van der Waals surface area contributed by atoms with E-state index < -0.39 is 0 Å². The molecule has 1 saturated heterocycles. The summed E-state index contributed by atoms with van der Waals surface area (Å²) >= 11 is 3.46. The first-order chi connectivity index (χ1) is 17.0. The third-order valence-corrected chi connectivity index (χ3v) is 6.83. The van der Waals surface area contributed by atoms with Crippen molar-refractivity contribution in [2.24, 2.45) is 0 Å². The average Bonchev–Trinajstić information content (AvgIpc) is 3.34. The lowest BCUT2D eigenvalue weighted by molar-refractivity contribution is -0.131. The minimum Gasteiger partial charge on any atom is -0.339 e. The molecule has 1 fully saturated rings. The van der Waals surface area contributed by atoms with E-state index >= 15 is 0 Å². The zero-order valence-corrected chi connectivity index (χ0v) is 21.5. The SMILES string of the molecule is CCN(Cc1ccccc1)C(=O)CCc1nc(CN2CCN(C(=O)c3ccccc3Br)CC2)no1. The van der Waals surface area contributed by atoms with E-state index in [1.165, 1.54) is 0 Å². The monoisotopic (exact) mass is 539 g/mol. The molecule has 0 unspecified atom stereocenters. The van der Waals surface area contributed by atoms with E-state index in [0.29, 0.717) is 62.8 Å². The van der Waals surface area contributed by atoms with Gasteiger partial charge in [-0.05, 0) is 40.5 Å². The number of benzene rings is 2. The predicted molar refractivity (Wildman–Crippen MR) is 135 cm³/mol. The Kier molecular flexibility index (Phi) is 8.65. The molecule has 0 saturated carbocycles. The van der Waals surface area contributed by atoms with Gasteiger partial charge in [-0.25, -0.2) is 0 Å². The first kappa shape index (κ1) is 25.1. The summed E-state index contributed by atoms with van der Waals surface area (Å²) in [5.41, 5.74) is 1.80. The molecule has 1 aliphatic rings. The van der Waals surface area contributed by atoms with Crippen LogP contribution in [0.5, 0.6) is 0 Å². The molecule has 0 atom stereocenters. The van der Waals surface area contributed by atoms with E-state index in [1.807, 2.05) is 71.3 Å². The number of halogens is 1. The van der Waals surface area contributed by atoms with Gasteiger partial charge in [-0.3, -0.25) is 14.5 Å². The van der Waals surface area contributed by atoms with Crippen molar-refractivity contribution in [2.75, 3.05) is 32.7 Å². The summed E-state index contributed by atoms with van der Waals surface area (Å²) in [7, 11) is 0. The third kappa shape index (κ3) is 6.76. The van der Waals surface area contributed by atoms with Crippen molar-refractivity contribution in [3.63, 3.8) is 0 Å². The summed E-state index contributed by atoms with van der Waals surface area (Å²) in [6, 6.07) is 17.5. The van der Waals surface area contributed by atoms with E-state index in [0.717, 1.165) is 23.1 Å². The van der Waals surface area contributed by atoms with Crippen molar-refractivity contribution in [2.45, 2.75) is 32.9 Å². The van der Waals surface area contributed by atoms with Crippen LogP contribution in [0, 0.1) is 0 Å². The summed E-state index contributed by atoms with van der Waals surface area (Å²) < 4.78 is 6.20. The molecule has 0 bridgehead atoms. The van der Waals surface area contributed by atoms with E-state index in [1.54, 1.807) is 0 Å². The third-order valence-electron chi connectivity index (χ3n) is 6.14. The summed E-state index contributed by atoms with van der Waals surface area (Å²) in [4.78, 5) is 35.9. The van der Waals surface area contributed by atoms with E-state index in [-0.39, 0.29) is 11.8 Å². The molecule has 9 heteroatoms. The van der Waals surface area contributed by atoms with Crippen LogP contribution in [0.2, 0.25) is 0 Å². The molecule has 184 valence electrons. The van der Waals surface area contributed by atoms with Crippen molar-refractivity contribution in [3.8, 4) is 0 Å². The van der Waals surface area contributed by atoms with Crippen LogP contribution < -0.4 is 0 Å². The number of carbonyl (C=O) groups is 2. The summed E-state index contributed by atoms with van der Waals surface area (Å²) in [5.74, 6) is 1.19. The maximum atomic E-state index is 12.8. The van der Waals surface area contributed by atoms with Gasteiger partial charge in [-0.1, -0.05) is 47.6 Å². The first-order valence-corrected chi connectivity index (χ1v) is 12.7. The molecule has 0 spiro atoms. The van der Waals surface area contributed by atoms with Crippen LogP contribution in [-0.2, 0) is 24.3 Å². The Hall–Kier alpha value is -3.04. The van der Waals surface area contributed by atoms with Gasteiger partial charge in [-0.2, -0.15) is 4.98 Å². The van der Waals surface area contributed by atoms with Gasteiger partial charge in [-0.15, -0.1) is 0 Å². The number of carbonyl (C=O) groups excluding carboxylic acids is 2. The van der Waals surface area contributed by atoms with Crippen LogP contribution in [0.1, 0.15) is 41.0 Å². The molecule has 4 rings (SSSR count). The number of aryl methyl sites for hydroxylation is 1. The van der Waals surface area contributed by atoms with Gasteiger partial charge in [0, 0.05) is 56.6 Å². The van der Waals surface area contributed by atoms with Crippen LogP contribution >= 0.6 is 15.9 Å². The standard InChI is InChI=1S/C26H30BrN5O3/c1-2-31(18-20-8-4-3-5-9-20)25(33)13-12-24-28-23(29-35-24)19-30-14-16-32(17-15-30)26(34)21-10-6-7-11-22(21)27/h3-11H,2,12-19H2,1H3. The van der Waals surface area contributed by atoms with Gasteiger partial charge >= 0.3 is 0 Å². The number of aromatic nitrogens is 2. The molecule has 2 aromatic carbocycles. The number of piperazine rings is 1. The normalized spacial score (nSPS) is 14.2. The molecule has 0 radical (unpaired) electrons. The number of nitrogens with zero attached hydrogens (tertiary/aromatic N) is 5. The van der Waals surface area contributed by atoms with Crippen molar-refractivity contribution < 1.29 is 14.1 Å². The molecule has 35 heavy (non-hydrogen) atoms. The zero-order chi connectivity index (χ0) is 24.6. The highest BCUT2D eigenvalue weighted by Crippen LogP contribution is 2.19. The fourth-order valence-corrected chi connectivity index (χ4v) is 4.58. The molecule has 2 heterocycles. The molecule has 2 amide bonds. The van der Waals surface area contributed by atoms with Crippen LogP contribution in [-0.4, -0.2) is 69.4 Å². The van der Waals surface area contributed by atoms with Crippen LogP contribution in [0.4, 0.5) is 0 Å². The van der Waals surface area contributed by atoms with E-state index in [9.17, 15) is 9.59 Å². The van der Waals surface area contributed by atoms with E-state index in [4.69, 9.17) is 4.52 Å². The lowest BCUT2D eigenvalue weighted by Crippen LogP contribution is -2.48. The highest BCUT2D eigenvalue weighted by atomic mass is 79.9. The maximum absolute atomic E-state index is 12.8. The second-order valence-electron chi connectivity index (χ2n) is 8.55. The molecular formula is C26H30BrN5O3. The average molecular weight is 540 g/mol. The van der Waals surface area contributed by atoms with Crippen molar-refractivity contribution in [1.82, 2.24) is 24.8 Å². The van der Waals surface area contributed by atoms with Crippen LogP contribution in [0.25, 0.3) is 0 Å². The Bertz CT molecular complexity index is 1130. The van der Waals surface area contributed by atoms with Crippen molar-refractivity contribution in [3.05, 3.63) is 81.9 Å². The first-order valence-electron chi connectivity index (χ1n) is 11.9. The predicted octanol–water partition coefficient (Wildman–Crippen LogP) is 3.77. The van der Waals surface area contributed by atoms with Crippen molar-refractivity contribution in [1.29, 1.82) is 0 Å². The van der Waals surface area contributed by atoms with Crippen LogP contribution in [0.3, 0.4) is 0 Å². The molecule has 1 aliphatic heterocycles. The molecule has 3 aromatic rings. The molecule has 0 aliphatic carbocycles. The quantitative estimate of drug-likeness (QED) is 0.411. The number of amides is 2. The fraction of sp³-hybridized carbons (Fsp3) is 0.385. The number of rotatable bonds is 9. The Labute approximate surface area is 214 Å². The highest BCUT2D eigenvalue weighted by Gasteiger charge is 2.24. The topological polar surface area (TPSA) is 82.8 Å². The van der Waals surface area contributed by atoms with Crippen molar-refractivity contribution >= 4 is 27.7 Å². The Morgan fingerprint density at radius 3 is 2.46 bits per heavy atom. The van der Waals surface area contributed by atoms with Gasteiger partial charge in [0.05, 0.1) is 12.1 Å². The van der Waals surface area contributed by atoms with E-state index in [2.05, 4.69) is 31.0 Å². The smallest absolute Gasteiger partial charge is 0.255 e. The van der Waals surface area contributed by atoms with Crippen LogP contribution in [0.15, 0.2) is 63.6 Å². The largest absolute Gasteiger partial charge is 0.339 e. The minimum absolute atomic E-state index is 0.0389. The zero-order valence-electron chi connectivity index (χ0n) is 19.9. The Morgan fingerprint density at radius 1 is 1.03 bits per heavy atom. The maximum Gasteiger partial charge on any atom is 0.255 e. The Morgan fingerprint density at radius 2 is 1.74 bits per heavy atom.